The van der Waals surface area contributed by atoms with Crippen molar-refractivity contribution < 1.29 is 28.7 Å². The zero-order valence-corrected chi connectivity index (χ0v) is 23.9. The van der Waals surface area contributed by atoms with Gasteiger partial charge in [-0.05, 0) is 68.7 Å². The lowest BCUT2D eigenvalue weighted by Gasteiger charge is -2.35. The molecule has 1 aliphatic heterocycles. The van der Waals surface area contributed by atoms with Crippen LogP contribution in [0.1, 0.15) is 78.6 Å². The van der Waals surface area contributed by atoms with Gasteiger partial charge in [-0.3, -0.25) is 19.1 Å². The van der Waals surface area contributed by atoms with Crippen LogP contribution in [0.15, 0.2) is 12.7 Å². The number of hydrogen-bond donors (Lipinski definition) is 3. The van der Waals surface area contributed by atoms with Crippen molar-refractivity contribution in [2.45, 2.75) is 114 Å². The van der Waals surface area contributed by atoms with E-state index in [4.69, 9.17) is 9.47 Å². The monoisotopic (exact) mass is 552 g/mol. The number of alkyl carbamates (subject to hydrolysis) is 1. The third kappa shape index (κ3) is 8.62. The minimum absolute atomic E-state index is 0.134. The third-order valence-corrected chi connectivity index (χ3v) is 8.40. The maximum absolute atomic E-state index is 13.8. The summed E-state index contributed by atoms with van der Waals surface area (Å²) < 4.78 is 13.9. The average molecular weight is 553 g/mol. The zero-order valence-electron chi connectivity index (χ0n) is 23.1. The molecule has 0 aromatic rings. The lowest BCUT2D eigenvalue weighted by atomic mass is 9.85. The number of allylic oxidation sites excluding steroid dienone is 1. The fraction of sp³-hybridized carbons (Fsp3) is 0.778. The highest BCUT2D eigenvalue weighted by atomic mass is 32.2. The van der Waals surface area contributed by atoms with Gasteiger partial charge in [0.05, 0.1) is 6.10 Å². The van der Waals surface area contributed by atoms with E-state index in [2.05, 4.69) is 21.9 Å². The van der Waals surface area contributed by atoms with Crippen molar-refractivity contribution in [3.05, 3.63) is 12.7 Å². The summed E-state index contributed by atoms with van der Waals surface area (Å²) >= 11 is 1.39. The summed E-state index contributed by atoms with van der Waals surface area (Å²) in [7, 11) is 1.54. The molecule has 0 radical (unpaired) electrons. The fourth-order valence-electron chi connectivity index (χ4n) is 4.80. The lowest BCUT2D eigenvalue weighted by molar-refractivity contribution is -0.142. The minimum atomic E-state index is -0.905. The molecule has 0 aromatic heterocycles. The summed E-state index contributed by atoms with van der Waals surface area (Å²) in [6.07, 6.45) is 7.70. The summed E-state index contributed by atoms with van der Waals surface area (Å²) in [5.41, 5.74) is -0.635. The van der Waals surface area contributed by atoms with Gasteiger partial charge in [0, 0.05) is 25.3 Å². The number of nitrogens with one attached hydrogen (secondary N) is 3. The maximum Gasteiger partial charge on any atom is 0.408 e. The molecule has 3 N–H and O–H groups in total. The van der Waals surface area contributed by atoms with Crippen LogP contribution in [0.4, 0.5) is 4.79 Å². The standard InChI is InChI=1S/C27H44N4O6S/c1-6-7-12-20(23(32)30-38-19-13-14-19)28-24(33)21-15-18(36-5)16-31(21)25(34)22(27(2,3)4)29-26(35)37-17-10-8-9-11-17/h6,17-22H,1,7-16H2,2-5H3,(H,28,33)(H,29,35)(H,30,32). The Morgan fingerprint density at radius 3 is 2.34 bits per heavy atom. The van der Waals surface area contributed by atoms with Gasteiger partial charge in [0.2, 0.25) is 11.8 Å². The molecular formula is C27H44N4O6S. The van der Waals surface area contributed by atoms with E-state index in [9.17, 15) is 19.2 Å². The molecule has 38 heavy (non-hydrogen) atoms. The van der Waals surface area contributed by atoms with Crippen LogP contribution >= 0.6 is 11.9 Å². The molecule has 2 saturated carbocycles. The molecule has 3 aliphatic rings. The molecule has 10 nitrogen and oxygen atoms in total. The van der Waals surface area contributed by atoms with Crippen LogP contribution in [-0.4, -0.2) is 78.0 Å². The normalized spacial score (nSPS) is 23.4. The first-order valence-electron chi connectivity index (χ1n) is 13.7. The molecule has 4 atom stereocenters. The molecule has 1 saturated heterocycles. The number of ether oxygens (including phenoxy) is 2. The summed E-state index contributed by atoms with van der Waals surface area (Å²) in [6, 6.07) is -2.49. The predicted octanol–water partition coefficient (Wildman–Crippen LogP) is 3.06. The maximum atomic E-state index is 13.8. The Morgan fingerprint density at radius 2 is 1.76 bits per heavy atom. The van der Waals surface area contributed by atoms with E-state index in [-0.39, 0.29) is 30.6 Å². The molecule has 11 heteroatoms. The summed E-state index contributed by atoms with van der Waals surface area (Å²) in [5, 5.41) is 6.06. The van der Waals surface area contributed by atoms with Crippen molar-refractivity contribution in [2.75, 3.05) is 13.7 Å². The van der Waals surface area contributed by atoms with Crippen LogP contribution in [0.2, 0.25) is 0 Å². The van der Waals surface area contributed by atoms with E-state index in [0.717, 1.165) is 38.5 Å². The van der Waals surface area contributed by atoms with Crippen LogP contribution < -0.4 is 15.4 Å². The van der Waals surface area contributed by atoms with Gasteiger partial charge >= 0.3 is 6.09 Å². The van der Waals surface area contributed by atoms with Gasteiger partial charge in [-0.25, -0.2) is 4.79 Å². The van der Waals surface area contributed by atoms with E-state index in [1.807, 2.05) is 20.8 Å². The zero-order chi connectivity index (χ0) is 27.9. The van der Waals surface area contributed by atoms with Crippen molar-refractivity contribution in [2.24, 2.45) is 5.41 Å². The Bertz CT molecular complexity index is 868. The number of rotatable bonds is 12. The van der Waals surface area contributed by atoms with Crippen molar-refractivity contribution >= 4 is 35.8 Å². The second-order valence-corrected chi connectivity index (χ2v) is 12.7. The Morgan fingerprint density at radius 1 is 1.08 bits per heavy atom. The number of carbonyl (C=O) groups excluding carboxylic acids is 4. The highest BCUT2D eigenvalue weighted by Gasteiger charge is 2.46. The van der Waals surface area contributed by atoms with Gasteiger partial charge in [-0.1, -0.05) is 26.8 Å². The van der Waals surface area contributed by atoms with Crippen molar-refractivity contribution in [3.63, 3.8) is 0 Å². The molecular weight excluding hydrogens is 508 g/mol. The Hall–Kier alpha value is -2.27. The lowest BCUT2D eigenvalue weighted by Crippen LogP contribution is -2.59. The van der Waals surface area contributed by atoms with E-state index in [1.165, 1.54) is 16.8 Å². The van der Waals surface area contributed by atoms with Crippen LogP contribution in [0.5, 0.6) is 0 Å². The highest BCUT2D eigenvalue weighted by Crippen LogP contribution is 2.32. The molecule has 2 aliphatic carbocycles. The molecule has 4 amide bonds. The molecule has 4 unspecified atom stereocenters. The Kier molecular flexibility index (Phi) is 10.9. The second-order valence-electron chi connectivity index (χ2n) is 11.6. The first kappa shape index (κ1) is 30.3. The summed E-state index contributed by atoms with van der Waals surface area (Å²) in [6.45, 7) is 9.51. The number of likely N-dealkylation sites (tertiary alicyclic amines) is 1. The molecule has 214 valence electrons. The van der Waals surface area contributed by atoms with Crippen molar-refractivity contribution in [3.8, 4) is 0 Å². The van der Waals surface area contributed by atoms with Gasteiger partial charge in [-0.2, -0.15) is 0 Å². The molecule has 1 heterocycles. The van der Waals surface area contributed by atoms with E-state index < -0.39 is 35.5 Å². The molecule has 0 spiro atoms. The van der Waals surface area contributed by atoms with E-state index >= 15 is 0 Å². The first-order valence-corrected chi connectivity index (χ1v) is 14.6. The first-order chi connectivity index (χ1) is 18.0. The Labute approximate surface area is 230 Å². The van der Waals surface area contributed by atoms with Crippen LogP contribution in [0.3, 0.4) is 0 Å². The Balaban J connectivity index is 1.71. The molecule has 0 aromatic carbocycles. The SMILES string of the molecule is C=CCCC(NC(=O)C1CC(OC)CN1C(=O)C(NC(=O)OC1CCCC1)C(C)(C)C)C(=O)NSC1CC1. The summed E-state index contributed by atoms with van der Waals surface area (Å²) in [5.74, 6) is -1.06. The minimum Gasteiger partial charge on any atom is -0.446 e. The van der Waals surface area contributed by atoms with Crippen LogP contribution in [-0.2, 0) is 23.9 Å². The van der Waals surface area contributed by atoms with Crippen molar-refractivity contribution in [1.82, 2.24) is 20.3 Å². The topological polar surface area (TPSA) is 126 Å². The third-order valence-electron chi connectivity index (χ3n) is 7.28. The van der Waals surface area contributed by atoms with Crippen LogP contribution in [0.25, 0.3) is 0 Å². The number of carbonyl (C=O) groups is 4. The molecule has 3 fully saturated rings. The quantitative estimate of drug-likeness (QED) is 0.251. The van der Waals surface area contributed by atoms with Gasteiger partial charge in [0.15, 0.2) is 0 Å². The average Bonchev–Trinajstić information content (AvgIpc) is 3.36. The van der Waals surface area contributed by atoms with Gasteiger partial charge < -0.3 is 25.0 Å². The summed E-state index contributed by atoms with van der Waals surface area (Å²) in [4.78, 5) is 54.3. The van der Waals surface area contributed by atoms with Crippen LogP contribution in [0, 0.1) is 5.41 Å². The molecule has 0 bridgehead atoms. The molecule has 3 rings (SSSR count). The largest absolute Gasteiger partial charge is 0.446 e. The number of amides is 4. The second kappa shape index (κ2) is 13.7. The number of hydrogen-bond acceptors (Lipinski definition) is 7. The number of methoxy groups -OCH3 is 1. The van der Waals surface area contributed by atoms with E-state index in [1.54, 1.807) is 13.2 Å². The van der Waals surface area contributed by atoms with Gasteiger partial charge in [0.25, 0.3) is 5.91 Å². The smallest absolute Gasteiger partial charge is 0.408 e. The van der Waals surface area contributed by atoms with Gasteiger partial charge in [-0.15, -0.1) is 6.58 Å². The highest BCUT2D eigenvalue weighted by molar-refractivity contribution is 7.98. The predicted molar refractivity (Wildman–Crippen MR) is 146 cm³/mol. The fourth-order valence-corrected chi connectivity index (χ4v) is 5.60. The number of nitrogens with zero attached hydrogens (tertiary/aromatic N) is 1. The van der Waals surface area contributed by atoms with E-state index in [0.29, 0.717) is 24.5 Å². The van der Waals surface area contributed by atoms with Gasteiger partial charge in [0.1, 0.15) is 24.2 Å². The van der Waals surface area contributed by atoms with Crippen molar-refractivity contribution in [1.29, 1.82) is 0 Å².